The Morgan fingerprint density at radius 3 is 2.17 bits per heavy atom. The van der Waals surface area contributed by atoms with Crippen LogP contribution >= 0.6 is 0 Å². The molecule has 2 aromatic heterocycles. The number of nitrogens with one attached hydrogen (secondary N) is 5. The third kappa shape index (κ3) is 12.3. The summed E-state index contributed by atoms with van der Waals surface area (Å²) in [6.45, 7) is 7.33. The summed E-state index contributed by atoms with van der Waals surface area (Å²) in [5.74, 6) is -4.13. The van der Waals surface area contributed by atoms with Crippen molar-refractivity contribution in [2.24, 2.45) is 0 Å². The average molecular weight is 1060 g/mol. The molecule has 5 N–H and O–H groups in total. The Morgan fingerprint density at radius 1 is 0.803 bits per heavy atom. The van der Waals surface area contributed by atoms with Crippen molar-refractivity contribution in [3.05, 3.63) is 93.4 Å². The van der Waals surface area contributed by atoms with Crippen molar-refractivity contribution in [1.82, 2.24) is 40.3 Å². The van der Waals surface area contributed by atoms with Crippen LogP contribution in [0.2, 0.25) is 0 Å². The molecule has 6 heterocycles. The summed E-state index contributed by atoms with van der Waals surface area (Å²) in [6.07, 6.45) is 2.88. The third-order valence-corrected chi connectivity index (χ3v) is 14.4. The molecule has 404 valence electrons. The minimum absolute atomic E-state index is 0.0167. The van der Waals surface area contributed by atoms with E-state index < -0.39 is 64.3 Å². The Bertz CT molecular complexity index is 2930. The van der Waals surface area contributed by atoms with Crippen molar-refractivity contribution >= 4 is 64.4 Å². The second-order valence-corrected chi connectivity index (χ2v) is 19.6. The van der Waals surface area contributed by atoms with Gasteiger partial charge < -0.3 is 35.6 Å². The maximum absolute atomic E-state index is 16.1. The fourth-order valence-electron chi connectivity index (χ4n) is 9.97. The Hall–Kier alpha value is -7.76. The number of imide groups is 2. The molecule has 20 nitrogen and oxygen atoms in total. The van der Waals surface area contributed by atoms with Crippen LogP contribution in [-0.2, 0) is 25.4 Å². The van der Waals surface area contributed by atoms with Crippen LogP contribution in [0.25, 0.3) is 11.1 Å². The van der Waals surface area contributed by atoms with Crippen LogP contribution in [-0.4, -0.2) is 149 Å². The first-order valence-electron chi connectivity index (χ1n) is 25.4. The molecule has 0 bridgehead atoms. The van der Waals surface area contributed by atoms with Crippen molar-refractivity contribution in [3.8, 4) is 11.1 Å². The predicted octanol–water partition coefficient (Wildman–Crippen LogP) is 4.78. The number of aromatic nitrogens is 3. The number of amides is 7. The summed E-state index contributed by atoms with van der Waals surface area (Å²) in [7, 11) is 1.96. The summed E-state index contributed by atoms with van der Waals surface area (Å²) in [5.41, 5.74) is -1.81. The van der Waals surface area contributed by atoms with Crippen molar-refractivity contribution in [2.75, 3.05) is 79.8 Å². The van der Waals surface area contributed by atoms with Gasteiger partial charge in [-0.1, -0.05) is 25.3 Å². The number of aromatic amines is 1. The molecule has 8 rings (SSSR count). The van der Waals surface area contributed by atoms with Crippen molar-refractivity contribution in [2.45, 2.75) is 95.9 Å². The number of carbonyl (C=O) groups is 7. The Kier molecular flexibility index (Phi) is 16.8. The van der Waals surface area contributed by atoms with Gasteiger partial charge in [-0.25, -0.2) is 14.4 Å². The molecule has 24 heteroatoms. The quantitative estimate of drug-likeness (QED) is 0.0512. The first kappa shape index (κ1) is 54.5. The number of piperazine rings is 2. The van der Waals surface area contributed by atoms with Crippen LogP contribution in [0.5, 0.6) is 0 Å². The molecule has 3 saturated heterocycles. The first-order chi connectivity index (χ1) is 36.3. The molecule has 0 radical (unpaired) electrons. The number of alkyl halides is 3. The SMILES string of the molecule is C[C@@H]1CN(c2cc(F)c(-c3cnc(N4CCN(C(=O)CCC(=O)NCCCCCCCNc5cccc6c5C(=O)N(C5CCC(=O)NC5=O)C6=O)CC4)nc3)cc2NC(=O)c2c[nH]c(=O)cc2C(F)(F)F)C[C@H](C)N1C. The van der Waals surface area contributed by atoms with Crippen LogP contribution in [0.15, 0.2) is 59.8 Å². The molecule has 4 aliphatic rings. The molecule has 3 atom stereocenters. The number of nitrogens with zero attached hydrogens (tertiary/aromatic N) is 7. The fourth-order valence-corrected chi connectivity index (χ4v) is 9.97. The highest BCUT2D eigenvalue weighted by Crippen LogP contribution is 2.38. The molecule has 7 amide bonds. The van der Waals surface area contributed by atoms with Gasteiger partial charge in [0.25, 0.3) is 17.7 Å². The molecule has 0 aliphatic carbocycles. The normalized spacial score (nSPS) is 19.2. The van der Waals surface area contributed by atoms with Gasteiger partial charge >= 0.3 is 6.18 Å². The summed E-state index contributed by atoms with van der Waals surface area (Å²) in [5, 5.41) is 10.9. The lowest BCUT2D eigenvalue weighted by molar-refractivity contribution is -0.138. The van der Waals surface area contributed by atoms with Crippen molar-refractivity contribution < 1.29 is 51.1 Å². The standard InChI is InChI=1S/C52H60F4N12O8/c1-30-28-67(29-31(2)64(30)3)41-24-37(53)34(22-39(41)62-47(73)35-27-59-44(71)23-36(35)52(54,55)56)32-25-60-51(61-26-32)66-20-18-65(19-21-66)45(72)15-14-42(69)58-17-8-6-4-5-7-16-57-38-11-9-10-33-46(38)50(76)68(49(33)75)40-12-13-43(70)63-48(40)74/h9-11,22-27,30-31,40,57H,4-8,12-21,28-29H2,1-3H3,(H,58,69)(H,59,71)(H,62,73)(H,63,70,74)/t30-,31+,40?. The number of likely N-dealkylation sites (N-methyl/N-ethyl adjacent to an activating group) is 1. The maximum atomic E-state index is 16.1. The number of H-pyrrole nitrogens is 1. The zero-order valence-corrected chi connectivity index (χ0v) is 42.4. The molecular formula is C52H60F4N12O8. The van der Waals surface area contributed by atoms with Crippen LogP contribution in [0.1, 0.15) is 108 Å². The van der Waals surface area contributed by atoms with Crippen molar-refractivity contribution in [1.29, 1.82) is 0 Å². The summed E-state index contributed by atoms with van der Waals surface area (Å²) in [6, 6.07) is 6.81. The minimum Gasteiger partial charge on any atom is -0.384 e. The number of carbonyl (C=O) groups excluding carboxylic acids is 7. The summed E-state index contributed by atoms with van der Waals surface area (Å²) in [4.78, 5) is 121. The molecule has 0 saturated carbocycles. The van der Waals surface area contributed by atoms with Gasteiger partial charge in [-0.3, -0.25) is 53.5 Å². The van der Waals surface area contributed by atoms with E-state index in [2.05, 4.69) is 41.1 Å². The minimum atomic E-state index is -5.01. The molecule has 2 aromatic carbocycles. The van der Waals surface area contributed by atoms with Gasteiger partial charge in [0.15, 0.2) is 0 Å². The maximum Gasteiger partial charge on any atom is 0.417 e. The topological polar surface area (TPSA) is 242 Å². The number of fused-ring (bicyclic) bond motifs is 1. The molecule has 3 fully saturated rings. The van der Waals surface area contributed by atoms with Crippen LogP contribution in [0.4, 0.5) is 40.6 Å². The second kappa shape index (κ2) is 23.4. The van der Waals surface area contributed by atoms with Gasteiger partial charge in [-0.2, -0.15) is 13.2 Å². The zero-order chi connectivity index (χ0) is 54.4. The molecular weight excluding hydrogens is 997 g/mol. The summed E-state index contributed by atoms with van der Waals surface area (Å²) < 4.78 is 58.0. The highest BCUT2D eigenvalue weighted by atomic mass is 19.4. The fraction of sp³-hybridized carbons (Fsp3) is 0.462. The molecule has 4 aliphatic heterocycles. The van der Waals surface area contributed by atoms with E-state index >= 15 is 4.39 Å². The van der Waals surface area contributed by atoms with E-state index in [9.17, 15) is 51.5 Å². The van der Waals surface area contributed by atoms with E-state index in [0.29, 0.717) is 76.3 Å². The smallest absolute Gasteiger partial charge is 0.384 e. The highest BCUT2D eigenvalue weighted by molar-refractivity contribution is 6.25. The van der Waals surface area contributed by atoms with Gasteiger partial charge in [0.2, 0.25) is 35.1 Å². The highest BCUT2D eigenvalue weighted by Gasteiger charge is 2.46. The van der Waals surface area contributed by atoms with E-state index in [1.165, 1.54) is 24.5 Å². The lowest BCUT2D eigenvalue weighted by atomic mass is 10.0. The van der Waals surface area contributed by atoms with Gasteiger partial charge in [-0.15, -0.1) is 0 Å². The summed E-state index contributed by atoms with van der Waals surface area (Å²) >= 11 is 0. The van der Waals surface area contributed by atoms with Crippen LogP contribution in [0.3, 0.4) is 0 Å². The van der Waals surface area contributed by atoms with E-state index in [1.54, 1.807) is 23.1 Å². The number of pyridine rings is 1. The first-order valence-corrected chi connectivity index (χ1v) is 25.4. The number of hydrogen-bond donors (Lipinski definition) is 5. The van der Waals surface area contributed by atoms with Crippen LogP contribution in [0, 0.1) is 5.82 Å². The number of rotatable bonds is 18. The zero-order valence-electron chi connectivity index (χ0n) is 42.4. The van der Waals surface area contributed by atoms with Gasteiger partial charge in [0.05, 0.1) is 33.6 Å². The monoisotopic (exact) mass is 1060 g/mol. The number of unbranched alkanes of at least 4 members (excludes halogenated alkanes) is 4. The number of hydrogen-bond acceptors (Lipinski definition) is 14. The van der Waals surface area contributed by atoms with Crippen molar-refractivity contribution in [3.63, 3.8) is 0 Å². The van der Waals surface area contributed by atoms with Gasteiger partial charge in [0.1, 0.15) is 11.9 Å². The molecule has 0 spiro atoms. The Morgan fingerprint density at radius 2 is 1.49 bits per heavy atom. The van der Waals surface area contributed by atoms with E-state index in [4.69, 9.17) is 0 Å². The van der Waals surface area contributed by atoms with E-state index in [1.807, 2.05) is 30.7 Å². The van der Waals surface area contributed by atoms with Gasteiger partial charge in [-0.05, 0) is 64.4 Å². The second-order valence-electron chi connectivity index (χ2n) is 19.6. The Balaban J connectivity index is 0.761. The number of halogens is 4. The number of benzene rings is 2. The Labute approximate surface area is 435 Å². The molecule has 4 aromatic rings. The van der Waals surface area contributed by atoms with E-state index in [-0.39, 0.29) is 83.2 Å². The lowest BCUT2D eigenvalue weighted by Crippen LogP contribution is -2.55. The molecule has 76 heavy (non-hydrogen) atoms. The molecule has 1 unspecified atom stereocenters. The number of anilines is 4. The average Bonchev–Trinajstić information content (AvgIpc) is 3.65. The van der Waals surface area contributed by atoms with Gasteiger partial charge in [0, 0.05) is 125 Å². The predicted molar refractivity (Wildman–Crippen MR) is 272 cm³/mol. The largest absolute Gasteiger partial charge is 0.417 e. The van der Waals surface area contributed by atoms with E-state index in [0.717, 1.165) is 37.0 Å². The third-order valence-electron chi connectivity index (χ3n) is 14.4. The van der Waals surface area contributed by atoms with Crippen LogP contribution < -0.4 is 36.6 Å². The lowest BCUT2D eigenvalue weighted by Gasteiger charge is -2.44. The number of piperidine rings is 1.